The van der Waals surface area contributed by atoms with E-state index in [4.69, 9.17) is 0 Å². The Labute approximate surface area is 181 Å². The Bertz CT molecular complexity index is 707. The van der Waals surface area contributed by atoms with E-state index in [0.717, 1.165) is 6.26 Å². The first-order chi connectivity index (χ1) is 12.4. The molecule has 14 heteroatoms. The van der Waals surface area contributed by atoms with E-state index in [2.05, 4.69) is 15.6 Å². The molecule has 0 aliphatic carbocycles. The topological polar surface area (TPSA) is 108 Å². The second-order valence-electron chi connectivity index (χ2n) is 6.42. The van der Waals surface area contributed by atoms with E-state index in [1.54, 1.807) is 0 Å². The zero-order valence-corrected chi connectivity index (χ0v) is 19.8. The van der Waals surface area contributed by atoms with E-state index >= 15 is 0 Å². The molecular weight excluding hydrogens is 536 g/mol. The minimum atomic E-state index is -5.27. The lowest BCUT2D eigenvalue weighted by Gasteiger charge is -2.30. The molecule has 0 amide bonds. The highest BCUT2D eigenvalue weighted by Crippen LogP contribution is 2.30. The molecule has 0 aromatic rings. The van der Waals surface area contributed by atoms with Crippen molar-refractivity contribution in [1.29, 1.82) is 0 Å². The summed E-state index contributed by atoms with van der Waals surface area (Å²) in [6.07, 6.45) is 2.19. The summed E-state index contributed by atoms with van der Waals surface area (Å²) in [5.74, 6) is 0.540. The van der Waals surface area contributed by atoms with Crippen LogP contribution in [0.5, 0.6) is 0 Å². The van der Waals surface area contributed by atoms with Gasteiger partial charge in [-0.1, -0.05) is 0 Å². The number of hydrogen-bond acceptors (Lipinski definition) is 5. The van der Waals surface area contributed by atoms with E-state index in [9.17, 15) is 30.0 Å². The first-order valence-electron chi connectivity index (χ1n) is 8.63. The maximum atomic E-state index is 12.6. The Hall–Kier alpha value is -0.350. The molecule has 0 aromatic heterocycles. The van der Waals surface area contributed by atoms with Gasteiger partial charge in [0.2, 0.25) is 0 Å². The molecule has 0 atom stereocenters. The number of rotatable bonds is 8. The molecule has 0 unspecified atom stereocenters. The monoisotopic (exact) mass is 564 g/mol. The summed E-state index contributed by atoms with van der Waals surface area (Å²) in [4.78, 5) is 4.36. The number of guanidine groups is 1. The van der Waals surface area contributed by atoms with Crippen molar-refractivity contribution in [3.8, 4) is 0 Å². The lowest BCUT2D eigenvalue weighted by Crippen LogP contribution is -2.45. The Balaban J connectivity index is 0.00000729. The first-order valence-corrected chi connectivity index (χ1v) is 12.1. The number of alkyl halides is 3. The van der Waals surface area contributed by atoms with Gasteiger partial charge in [-0.15, -0.1) is 24.0 Å². The molecule has 0 saturated carbocycles. The third kappa shape index (κ3) is 9.43. The molecule has 1 rings (SSSR count). The van der Waals surface area contributed by atoms with Crippen molar-refractivity contribution in [2.45, 2.75) is 31.7 Å². The summed E-state index contributed by atoms with van der Waals surface area (Å²) >= 11 is 0. The van der Waals surface area contributed by atoms with Crippen molar-refractivity contribution in [1.82, 2.24) is 14.9 Å². The van der Waals surface area contributed by atoms with Crippen LogP contribution in [-0.4, -0.2) is 77.3 Å². The van der Waals surface area contributed by atoms with Gasteiger partial charge in [0.1, 0.15) is 9.84 Å². The number of halogens is 4. The van der Waals surface area contributed by atoms with Crippen molar-refractivity contribution in [2.24, 2.45) is 10.9 Å². The van der Waals surface area contributed by atoms with Crippen LogP contribution in [0.15, 0.2) is 4.99 Å². The van der Waals surface area contributed by atoms with Crippen LogP contribution >= 0.6 is 24.0 Å². The molecular formula is C14H28F3IN4O4S2. The zero-order valence-electron chi connectivity index (χ0n) is 15.8. The fraction of sp³-hybridized carbons (Fsp3) is 0.929. The van der Waals surface area contributed by atoms with Crippen LogP contribution in [0.1, 0.15) is 26.2 Å². The number of sulfone groups is 1. The highest BCUT2D eigenvalue weighted by molar-refractivity contribution is 14.0. The minimum absolute atomic E-state index is 0. The van der Waals surface area contributed by atoms with Crippen LogP contribution in [-0.2, 0) is 19.9 Å². The van der Waals surface area contributed by atoms with Gasteiger partial charge in [0, 0.05) is 39.0 Å². The standard InChI is InChI=1S/C14H27F3N4O4S2.HI/c1-3-18-13(19-7-4-10-26(2,22)23)20-11-12-5-8-21(9-6-12)27(24,25)14(15,16)17;/h12H,3-11H2,1-2H3,(H2,18,19,20);1H. The van der Waals surface area contributed by atoms with Gasteiger partial charge >= 0.3 is 15.5 Å². The van der Waals surface area contributed by atoms with Crippen LogP contribution in [0.3, 0.4) is 0 Å². The molecule has 0 aromatic carbocycles. The third-order valence-electron chi connectivity index (χ3n) is 4.04. The van der Waals surface area contributed by atoms with Crippen molar-refractivity contribution in [3.05, 3.63) is 0 Å². The molecule has 0 bridgehead atoms. The molecule has 1 saturated heterocycles. The van der Waals surface area contributed by atoms with Gasteiger partial charge in [0.25, 0.3) is 0 Å². The van der Waals surface area contributed by atoms with Crippen LogP contribution < -0.4 is 10.6 Å². The molecule has 0 radical (unpaired) electrons. The second-order valence-corrected chi connectivity index (χ2v) is 10.6. The third-order valence-corrected chi connectivity index (χ3v) is 6.70. The number of nitrogens with one attached hydrogen (secondary N) is 2. The number of hydrogen-bond donors (Lipinski definition) is 2. The highest BCUT2D eigenvalue weighted by atomic mass is 127. The van der Waals surface area contributed by atoms with E-state index in [-0.39, 0.29) is 48.7 Å². The Morgan fingerprint density at radius 2 is 1.71 bits per heavy atom. The molecule has 2 N–H and O–H groups in total. The number of piperidine rings is 1. The SMILES string of the molecule is CCNC(=NCC1CCN(S(=O)(=O)C(F)(F)F)CC1)NCCCS(C)(=O)=O.I. The van der Waals surface area contributed by atoms with Gasteiger partial charge in [-0.25, -0.2) is 16.8 Å². The maximum absolute atomic E-state index is 12.6. The summed E-state index contributed by atoms with van der Waals surface area (Å²) < 4.78 is 83.2. The molecule has 1 fully saturated rings. The van der Waals surface area contributed by atoms with Crippen LogP contribution in [0.4, 0.5) is 13.2 Å². The Kier molecular flexibility index (Phi) is 11.6. The van der Waals surface area contributed by atoms with Crippen molar-refractivity contribution >= 4 is 49.8 Å². The zero-order chi connectivity index (χ0) is 20.7. The summed E-state index contributed by atoms with van der Waals surface area (Å²) in [5, 5.41) is 6.01. The summed E-state index contributed by atoms with van der Waals surface area (Å²) in [6.45, 7) is 2.87. The van der Waals surface area contributed by atoms with E-state index in [1.165, 1.54) is 0 Å². The van der Waals surface area contributed by atoms with Gasteiger partial charge in [0.05, 0.1) is 5.75 Å². The fourth-order valence-electron chi connectivity index (χ4n) is 2.58. The quantitative estimate of drug-likeness (QED) is 0.198. The smallest absolute Gasteiger partial charge is 0.357 e. The van der Waals surface area contributed by atoms with Gasteiger partial charge in [-0.05, 0) is 32.1 Å². The van der Waals surface area contributed by atoms with Gasteiger partial charge in [-0.3, -0.25) is 4.99 Å². The number of sulfonamides is 1. The molecule has 1 aliphatic rings. The van der Waals surface area contributed by atoms with Crippen LogP contribution in [0.2, 0.25) is 0 Å². The predicted molar refractivity (Wildman–Crippen MR) is 113 cm³/mol. The molecule has 1 aliphatic heterocycles. The van der Waals surface area contributed by atoms with Crippen molar-refractivity contribution in [3.63, 3.8) is 0 Å². The normalized spacial score (nSPS) is 17.8. The molecule has 0 spiro atoms. The van der Waals surface area contributed by atoms with Crippen molar-refractivity contribution in [2.75, 3.05) is 44.7 Å². The van der Waals surface area contributed by atoms with Crippen LogP contribution in [0.25, 0.3) is 0 Å². The predicted octanol–water partition coefficient (Wildman–Crippen LogP) is 1.16. The van der Waals surface area contributed by atoms with Gasteiger partial charge in [-0.2, -0.15) is 17.5 Å². The average Bonchev–Trinajstić information content (AvgIpc) is 2.55. The first kappa shape index (κ1) is 27.6. The van der Waals surface area contributed by atoms with E-state index in [0.29, 0.717) is 49.2 Å². The Morgan fingerprint density at radius 1 is 1.14 bits per heavy atom. The summed E-state index contributed by atoms with van der Waals surface area (Å²) in [6, 6.07) is 0. The summed E-state index contributed by atoms with van der Waals surface area (Å²) in [7, 11) is -8.29. The lowest BCUT2D eigenvalue weighted by molar-refractivity contribution is -0.0496. The van der Waals surface area contributed by atoms with Gasteiger partial charge < -0.3 is 10.6 Å². The number of nitrogens with zero attached hydrogens (tertiary/aromatic N) is 2. The molecule has 28 heavy (non-hydrogen) atoms. The van der Waals surface area contributed by atoms with E-state index < -0.39 is 25.4 Å². The maximum Gasteiger partial charge on any atom is 0.511 e. The molecule has 1 heterocycles. The van der Waals surface area contributed by atoms with Crippen molar-refractivity contribution < 1.29 is 30.0 Å². The fourth-order valence-corrected chi connectivity index (χ4v) is 4.23. The molecule has 8 nitrogen and oxygen atoms in total. The Morgan fingerprint density at radius 3 is 2.18 bits per heavy atom. The number of aliphatic imine (C=N–C) groups is 1. The largest absolute Gasteiger partial charge is 0.511 e. The minimum Gasteiger partial charge on any atom is -0.357 e. The summed E-state index contributed by atoms with van der Waals surface area (Å²) in [5.41, 5.74) is -5.27. The van der Waals surface area contributed by atoms with Gasteiger partial charge in [0.15, 0.2) is 5.96 Å². The van der Waals surface area contributed by atoms with E-state index in [1.807, 2.05) is 6.92 Å². The highest BCUT2D eigenvalue weighted by Gasteiger charge is 2.50. The second kappa shape index (κ2) is 11.7. The van der Waals surface area contributed by atoms with Crippen LogP contribution in [0, 0.1) is 5.92 Å². The molecule has 168 valence electrons. The lowest BCUT2D eigenvalue weighted by atomic mass is 9.98. The average molecular weight is 564 g/mol.